The Labute approximate surface area is 124 Å². The second kappa shape index (κ2) is 4.79. The Morgan fingerprint density at radius 3 is 2.81 bits per heavy atom. The van der Waals surface area contributed by atoms with Crippen molar-refractivity contribution in [3.05, 3.63) is 34.9 Å². The maximum Gasteiger partial charge on any atom is 0.335 e. The second-order valence-corrected chi connectivity index (χ2v) is 6.39. The van der Waals surface area contributed by atoms with Crippen LogP contribution in [0.15, 0.2) is 23.8 Å². The molecule has 4 heteroatoms. The summed E-state index contributed by atoms with van der Waals surface area (Å²) >= 11 is 0. The van der Waals surface area contributed by atoms with E-state index < -0.39 is 5.97 Å². The number of fused-ring (bicyclic) bond motifs is 1. The van der Waals surface area contributed by atoms with Crippen molar-refractivity contribution in [1.29, 1.82) is 0 Å². The molecule has 2 N–H and O–H groups in total. The van der Waals surface area contributed by atoms with Gasteiger partial charge in [0, 0.05) is 17.9 Å². The van der Waals surface area contributed by atoms with E-state index >= 15 is 0 Å². The molecular formula is C17H20O4. The molecule has 2 aliphatic rings. The number of ether oxygens (including phenoxy) is 1. The van der Waals surface area contributed by atoms with Crippen molar-refractivity contribution in [3.8, 4) is 11.5 Å². The summed E-state index contributed by atoms with van der Waals surface area (Å²) in [6.45, 7) is 4.21. The number of aromatic carboxylic acids is 1. The van der Waals surface area contributed by atoms with Gasteiger partial charge in [-0.2, -0.15) is 0 Å². The Balaban J connectivity index is 1.90. The minimum atomic E-state index is -1.05. The van der Waals surface area contributed by atoms with E-state index in [2.05, 4.69) is 19.9 Å². The number of aromatic hydroxyl groups is 1. The van der Waals surface area contributed by atoms with Crippen molar-refractivity contribution >= 4 is 5.97 Å². The number of carbonyl (C=O) groups is 1. The van der Waals surface area contributed by atoms with Crippen LogP contribution in [-0.4, -0.2) is 21.8 Å². The molecule has 1 unspecified atom stereocenters. The van der Waals surface area contributed by atoms with E-state index in [0.717, 1.165) is 24.8 Å². The number of hydrogen-bond donors (Lipinski definition) is 2. The lowest BCUT2D eigenvalue weighted by molar-refractivity contribution is 0.0418. The van der Waals surface area contributed by atoms with Crippen LogP contribution in [0.1, 0.15) is 49.0 Å². The van der Waals surface area contributed by atoms with Gasteiger partial charge in [-0.1, -0.05) is 11.6 Å². The molecule has 21 heavy (non-hydrogen) atoms. The van der Waals surface area contributed by atoms with Gasteiger partial charge < -0.3 is 14.9 Å². The molecule has 0 bridgehead atoms. The Morgan fingerprint density at radius 1 is 1.43 bits per heavy atom. The molecule has 0 spiro atoms. The van der Waals surface area contributed by atoms with Crippen molar-refractivity contribution in [2.24, 2.45) is 5.92 Å². The first-order valence-electron chi connectivity index (χ1n) is 7.33. The smallest absolute Gasteiger partial charge is 0.335 e. The summed E-state index contributed by atoms with van der Waals surface area (Å²) in [7, 11) is 0. The third kappa shape index (κ3) is 2.39. The highest BCUT2D eigenvalue weighted by Gasteiger charge is 2.43. The van der Waals surface area contributed by atoms with Gasteiger partial charge in [-0.25, -0.2) is 4.79 Å². The average molecular weight is 288 g/mol. The highest BCUT2D eigenvalue weighted by Crippen LogP contribution is 2.47. The van der Waals surface area contributed by atoms with E-state index in [9.17, 15) is 9.90 Å². The number of hydrogen-bond acceptors (Lipinski definition) is 3. The van der Waals surface area contributed by atoms with Crippen molar-refractivity contribution in [2.45, 2.75) is 45.1 Å². The average Bonchev–Trinajstić information content (AvgIpc) is 2.77. The van der Waals surface area contributed by atoms with Crippen LogP contribution >= 0.6 is 0 Å². The van der Waals surface area contributed by atoms with Crippen LogP contribution < -0.4 is 4.74 Å². The zero-order valence-corrected chi connectivity index (χ0v) is 12.3. The molecule has 1 aliphatic carbocycles. The van der Waals surface area contributed by atoms with Crippen LogP contribution in [0.25, 0.3) is 0 Å². The standard InChI is InChI=1S/C17H20O4/c1-10-3-5-12(6-4-10)17(2)9-13-14(18)7-11(16(19)20)8-15(13)21-17/h3,7-8,12,18H,4-6,9H2,1-2H3,(H,19,20)/t12-,17?/m1/s1. The summed E-state index contributed by atoms with van der Waals surface area (Å²) in [5.74, 6) is -0.125. The number of allylic oxidation sites excluding steroid dienone is 2. The van der Waals surface area contributed by atoms with E-state index in [1.54, 1.807) is 0 Å². The summed E-state index contributed by atoms with van der Waals surface area (Å²) < 4.78 is 6.09. The lowest BCUT2D eigenvalue weighted by Crippen LogP contribution is -2.40. The summed E-state index contributed by atoms with van der Waals surface area (Å²) in [4.78, 5) is 11.1. The Hall–Kier alpha value is -1.97. The fraction of sp³-hybridized carbons (Fsp3) is 0.471. The monoisotopic (exact) mass is 288 g/mol. The second-order valence-electron chi connectivity index (χ2n) is 6.39. The molecule has 0 fully saturated rings. The number of phenolic OH excluding ortho intramolecular Hbond substituents is 1. The van der Waals surface area contributed by atoms with Crippen LogP contribution in [-0.2, 0) is 6.42 Å². The number of rotatable bonds is 2. The molecule has 1 aromatic rings. The normalized spacial score (nSPS) is 27.7. The van der Waals surface area contributed by atoms with E-state index in [0.29, 0.717) is 18.1 Å². The van der Waals surface area contributed by atoms with Gasteiger partial charge in [-0.05, 0) is 45.2 Å². The van der Waals surface area contributed by atoms with Crippen LogP contribution in [0.2, 0.25) is 0 Å². The molecule has 0 saturated carbocycles. The molecule has 2 atom stereocenters. The van der Waals surface area contributed by atoms with Crippen LogP contribution in [0.4, 0.5) is 0 Å². The lowest BCUT2D eigenvalue weighted by atomic mass is 9.76. The zero-order valence-electron chi connectivity index (χ0n) is 12.3. The Kier molecular flexibility index (Phi) is 3.19. The van der Waals surface area contributed by atoms with E-state index in [4.69, 9.17) is 9.84 Å². The number of carboxylic acids is 1. The molecule has 0 amide bonds. The Morgan fingerprint density at radius 2 is 2.19 bits per heavy atom. The third-order valence-electron chi connectivity index (χ3n) is 4.80. The van der Waals surface area contributed by atoms with Crippen molar-refractivity contribution in [1.82, 2.24) is 0 Å². The number of benzene rings is 1. The molecule has 1 aromatic carbocycles. The largest absolute Gasteiger partial charge is 0.508 e. The summed E-state index contributed by atoms with van der Waals surface area (Å²) in [6, 6.07) is 2.83. The highest BCUT2D eigenvalue weighted by atomic mass is 16.5. The fourth-order valence-corrected chi connectivity index (χ4v) is 3.41. The molecule has 1 heterocycles. The third-order valence-corrected chi connectivity index (χ3v) is 4.80. The molecule has 0 saturated heterocycles. The molecule has 3 rings (SSSR count). The van der Waals surface area contributed by atoms with Gasteiger partial charge in [0.2, 0.25) is 0 Å². The minimum absolute atomic E-state index is 0.0242. The fourth-order valence-electron chi connectivity index (χ4n) is 3.41. The minimum Gasteiger partial charge on any atom is -0.508 e. The quantitative estimate of drug-likeness (QED) is 0.817. The van der Waals surface area contributed by atoms with Crippen LogP contribution in [0.5, 0.6) is 11.5 Å². The van der Waals surface area contributed by atoms with Gasteiger partial charge in [-0.3, -0.25) is 0 Å². The van der Waals surface area contributed by atoms with E-state index in [-0.39, 0.29) is 16.9 Å². The van der Waals surface area contributed by atoms with Crippen molar-refractivity contribution < 1.29 is 19.7 Å². The van der Waals surface area contributed by atoms with Gasteiger partial charge in [0.05, 0.1) is 5.56 Å². The number of phenols is 1. The maximum absolute atomic E-state index is 11.1. The number of carboxylic acid groups (broad SMARTS) is 1. The summed E-state index contributed by atoms with van der Waals surface area (Å²) in [5.41, 5.74) is 1.85. The van der Waals surface area contributed by atoms with Crippen LogP contribution in [0.3, 0.4) is 0 Å². The molecule has 0 radical (unpaired) electrons. The molecular weight excluding hydrogens is 268 g/mol. The van der Waals surface area contributed by atoms with E-state index in [1.807, 2.05) is 0 Å². The van der Waals surface area contributed by atoms with Gasteiger partial charge in [0.1, 0.15) is 17.1 Å². The highest BCUT2D eigenvalue weighted by molar-refractivity contribution is 5.89. The van der Waals surface area contributed by atoms with E-state index in [1.165, 1.54) is 17.7 Å². The van der Waals surface area contributed by atoms with Crippen molar-refractivity contribution in [2.75, 3.05) is 0 Å². The van der Waals surface area contributed by atoms with Crippen LogP contribution in [0, 0.1) is 5.92 Å². The van der Waals surface area contributed by atoms with Gasteiger partial charge in [0.25, 0.3) is 0 Å². The Bertz CT molecular complexity index is 632. The van der Waals surface area contributed by atoms with Gasteiger partial charge in [0.15, 0.2) is 0 Å². The first-order valence-corrected chi connectivity index (χ1v) is 7.33. The predicted molar refractivity (Wildman–Crippen MR) is 78.9 cm³/mol. The maximum atomic E-state index is 11.1. The van der Waals surface area contributed by atoms with Gasteiger partial charge >= 0.3 is 5.97 Å². The summed E-state index contributed by atoms with van der Waals surface area (Å²) in [5, 5.41) is 19.2. The predicted octanol–water partition coefficient (Wildman–Crippen LogP) is 3.53. The van der Waals surface area contributed by atoms with Crippen molar-refractivity contribution in [3.63, 3.8) is 0 Å². The summed E-state index contributed by atoms with van der Waals surface area (Å²) in [6.07, 6.45) is 6.01. The first kappa shape index (κ1) is 14.0. The van der Waals surface area contributed by atoms with Gasteiger partial charge in [-0.15, -0.1) is 0 Å². The SMILES string of the molecule is CC1=CC[C@@H](C2(C)Cc3c(O)cc(C(=O)O)cc3O2)CC1. The zero-order chi connectivity index (χ0) is 15.2. The molecule has 0 aromatic heterocycles. The lowest BCUT2D eigenvalue weighted by Gasteiger charge is -2.35. The first-order chi connectivity index (χ1) is 9.89. The topological polar surface area (TPSA) is 66.8 Å². The molecule has 1 aliphatic heterocycles. The molecule has 112 valence electrons. The molecule has 4 nitrogen and oxygen atoms in total.